The Morgan fingerprint density at radius 3 is 2.74 bits per heavy atom. The van der Waals surface area contributed by atoms with E-state index in [-0.39, 0.29) is 24.1 Å². The van der Waals surface area contributed by atoms with Gasteiger partial charge in [0.05, 0.1) is 24.9 Å². The van der Waals surface area contributed by atoms with Crippen LogP contribution in [0.15, 0.2) is 36.5 Å². The number of anilines is 2. The van der Waals surface area contributed by atoms with Gasteiger partial charge in [-0.2, -0.15) is 0 Å². The van der Waals surface area contributed by atoms with Gasteiger partial charge < -0.3 is 20.1 Å². The van der Waals surface area contributed by atoms with E-state index in [0.717, 1.165) is 56.9 Å². The van der Waals surface area contributed by atoms with Crippen LogP contribution in [0.3, 0.4) is 0 Å². The van der Waals surface area contributed by atoms with Crippen molar-refractivity contribution < 1.29 is 18.7 Å². The standard InChI is InChI=1S/C29H32FN5O3/c1-17-14-24(33-28(34-11-7-19(31)15-34)25(17)18-8-12-38-13-9-18)35-16-21-20(29(35)36)6-10-32-27(21)26-22(30)4-3-5-23(26)37-2/h3-6,10,14,18-19H,7-9,11-13,15-16,31H2,1-2H3/t19-/m1/s1. The number of benzene rings is 1. The Bertz CT molecular complexity index is 1390. The second-order valence-corrected chi connectivity index (χ2v) is 10.3. The van der Waals surface area contributed by atoms with Gasteiger partial charge >= 0.3 is 0 Å². The van der Waals surface area contributed by atoms with Crippen LogP contribution in [0.25, 0.3) is 11.3 Å². The van der Waals surface area contributed by atoms with Crippen molar-refractivity contribution in [3.8, 4) is 17.0 Å². The summed E-state index contributed by atoms with van der Waals surface area (Å²) in [6, 6.07) is 8.46. The fraction of sp³-hybridized carbons (Fsp3) is 0.414. The van der Waals surface area contributed by atoms with Crippen molar-refractivity contribution >= 4 is 17.5 Å². The van der Waals surface area contributed by atoms with E-state index in [4.69, 9.17) is 20.2 Å². The number of nitrogens with zero attached hydrogens (tertiary/aromatic N) is 4. The van der Waals surface area contributed by atoms with E-state index in [1.165, 1.54) is 18.7 Å². The molecule has 3 aliphatic heterocycles. The summed E-state index contributed by atoms with van der Waals surface area (Å²) in [5.41, 5.74) is 10.4. The number of amides is 1. The number of carbonyl (C=O) groups is 1. The van der Waals surface area contributed by atoms with Gasteiger partial charge in [0.15, 0.2) is 0 Å². The number of aromatic nitrogens is 2. The minimum absolute atomic E-state index is 0.102. The minimum Gasteiger partial charge on any atom is -0.496 e. The summed E-state index contributed by atoms with van der Waals surface area (Å²) in [4.78, 5) is 27.2. The molecule has 0 aliphatic carbocycles. The maximum atomic E-state index is 15.0. The summed E-state index contributed by atoms with van der Waals surface area (Å²) in [6.07, 6.45) is 4.35. The zero-order valence-electron chi connectivity index (χ0n) is 21.7. The Morgan fingerprint density at radius 1 is 1.18 bits per heavy atom. The molecule has 2 saturated heterocycles. The lowest BCUT2D eigenvalue weighted by Crippen LogP contribution is -2.30. The number of hydrogen-bond acceptors (Lipinski definition) is 7. The molecule has 0 radical (unpaired) electrons. The zero-order valence-corrected chi connectivity index (χ0v) is 21.7. The van der Waals surface area contributed by atoms with Gasteiger partial charge in [-0.15, -0.1) is 0 Å². The Balaban J connectivity index is 1.42. The van der Waals surface area contributed by atoms with Crippen LogP contribution in [-0.4, -0.2) is 55.3 Å². The van der Waals surface area contributed by atoms with Gasteiger partial charge in [-0.1, -0.05) is 6.07 Å². The molecule has 2 fully saturated rings. The van der Waals surface area contributed by atoms with E-state index >= 15 is 0 Å². The highest BCUT2D eigenvalue weighted by atomic mass is 19.1. The molecule has 1 amide bonds. The molecule has 0 saturated carbocycles. The predicted molar refractivity (Wildman–Crippen MR) is 143 cm³/mol. The number of pyridine rings is 2. The van der Waals surface area contributed by atoms with Crippen molar-refractivity contribution in [2.24, 2.45) is 5.73 Å². The number of rotatable bonds is 5. The van der Waals surface area contributed by atoms with Crippen molar-refractivity contribution in [3.05, 3.63) is 64.6 Å². The van der Waals surface area contributed by atoms with E-state index < -0.39 is 5.82 Å². The predicted octanol–water partition coefficient (Wildman–Crippen LogP) is 4.19. The zero-order chi connectivity index (χ0) is 26.4. The molecule has 198 valence electrons. The number of aryl methyl sites for hydroxylation is 1. The normalized spacial score (nSPS) is 19.8. The molecule has 9 heteroatoms. The first-order valence-corrected chi connectivity index (χ1v) is 13.2. The van der Waals surface area contributed by atoms with Gasteiger partial charge in [0.25, 0.3) is 5.91 Å². The highest BCUT2D eigenvalue weighted by Crippen LogP contribution is 2.41. The SMILES string of the molecule is COc1cccc(F)c1-c1nccc2c1CN(c1cc(C)c(C3CCOCC3)c(N3CC[C@@H](N)C3)n1)C2=O. The van der Waals surface area contributed by atoms with Crippen LogP contribution in [0.5, 0.6) is 5.75 Å². The van der Waals surface area contributed by atoms with Crippen LogP contribution in [0.2, 0.25) is 0 Å². The molecule has 0 bridgehead atoms. The van der Waals surface area contributed by atoms with Crippen molar-refractivity contribution in [3.63, 3.8) is 0 Å². The molecule has 1 aromatic carbocycles. The summed E-state index contributed by atoms with van der Waals surface area (Å²) < 4.78 is 26.0. The quantitative estimate of drug-likeness (QED) is 0.542. The lowest BCUT2D eigenvalue weighted by molar-refractivity contribution is 0.0852. The molecular formula is C29H32FN5O3. The first kappa shape index (κ1) is 24.8. The number of ether oxygens (including phenoxy) is 2. The lowest BCUT2D eigenvalue weighted by Gasteiger charge is -2.30. The van der Waals surface area contributed by atoms with E-state index in [1.54, 1.807) is 29.3 Å². The van der Waals surface area contributed by atoms with Crippen molar-refractivity contribution in [2.45, 2.75) is 44.7 Å². The smallest absolute Gasteiger partial charge is 0.260 e. The van der Waals surface area contributed by atoms with Gasteiger partial charge in [0.1, 0.15) is 23.2 Å². The summed E-state index contributed by atoms with van der Waals surface area (Å²) >= 11 is 0. The average Bonchev–Trinajstić information content (AvgIpc) is 3.51. The molecule has 3 aliphatic rings. The number of methoxy groups -OCH3 is 1. The molecule has 8 nitrogen and oxygen atoms in total. The molecule has 2 N–H and O–H groups in total. The third kappa shape index (κ3) is 4.19. The number of halogens is 1. The summed E-state index contributed by atoms with van der Waals surface area (Å²) in [7, 11) is 1.50. The second kappa shape index (κ2) is 9.96. The van der Waals surface area contributed by atoms with Gasteiger partial charge in [-0.05, 0) is 61.9 Å². The van der Waals surface area contributed by atoms with E-state index in [9.17, 15) is 9.18 Å². The van der Waals surface area contributed by atoms with Crippen LogP contribution < -0.4 is 20.3 Å². The fourth-order valence-electron chi connectivity index (χ4n) is 6.03. The summed E-state index contributed by atoms with van der Waals surface area (Å²) in [5.74, 6) is 1.61. The largest absolute Gasteiger partial charge is 0.496 e. The monoisotopic (exact) mass is 517 g/mol. The average molecular weight is 518 g/mol. The molecule has 38 heavy (non-hydrogen) atoms. The van der Waals surface area contributed by atoms with Gasteiger partial charge in [-0.3, -0.25) is 14.7 Å². The van der Waals surface area contributed by atoms with E-state index in [0.29, 0.717) is 34.3 Å². The molecule has 2 aromatic heterocycles. The Kier molecular flexibility index (Phi) is 6.49. The number of hydrogen-bond donors (Lipinski definition) is 1. The van der Waals surface area contributed by atoms with Crippen LogP contribution in [0.4, 0.5) is 16.0 Å². The number of fused-ring (bicyclic) bond motifs is 1. The van der Waals surface area contributed by atoms with Crippen LogP contribution in [-0.2, 0) is 11.3 Å². The van der Waals surface area contributed by atoms with Crippen molar-refractivity contribution in [2.75, 3.05) is 43.2 Å². The highest BCUT2D eigenvalue weighted by Gasteiger charge is 2.35. The van der Waals surface area contributed by atoms with E-state index in [1.807, 2.05) is 6.07 Å². The molecule has 1 atom stereocenters. The third-order valence-electron chi connectivity index (χ3n) is 7.94. The maximum absolute atomic E-state index is 15.0. The van der Waals surface area contributed by atoms with Gasteiger partial charge in [0.2, 0.25) is 0 Å². The van der Waals surface area contributed by atoms with Crippen LogP contribution >= 0.6 is 0 Å². The van der Waals surface area contributed by atoms with Crippen molar-refractivity contribution in [1.29, 1.82) is 0 Å². The van der Waals surface area contributed by atoms with Gasteiger partial charge in [0, 0.05) is 55.2 Å². The fourth-order valence-corrected chi connectivity index (χ4v) is 6.03. The Morgan fingerprint density at radius 2 is 2.00 bits per heavy atom. The summed E-state index contributed by atoms with van der Waals surface area (Å²) in [6.45, 7) is 5.39. The first-order chi connectivity index (χ1) is 18.5. The molecule has 3 aromatic rings. The van der Waals surface area contributed by atoms with Crippen LogP contribution in [0.1, 0.15) is 52.2 Å². The van der Waals surface area contributed by atoms with E-state index in [2.05, 4.69) is 16.8 Å². The topological polar surface area (TPSA) is 93.8 Å². The number of nitrogens with two attached hydrogens (primary N) is 1. The molecular weight excluding hydrogens is 485 g/mol. The minimum atomic E-state index is -0.446. The highest BCUT2D eigenvalue weighted by molar-refractivity contribution is 6.10. The van der Waals surface area contributed by atoms with Crippen molar-refractivity contribution in [1.82, 2.24) is 9.97 Å². The molecule has 6 rings (SSSR count). The molecule has 5 heterocycles. The van der Waals surface area contributed by atoms with Crippen LogP contribution in [0, 0.1) is 12.7 Å². The molecule has 0 unspecified atom stereocenters. The lowest BCUT2D eigenvalue weighted by atomic mass is 9.88. The first-order valence-electron chi connectivity index (χ1n) is 13.2. The van der Waals surface area contributed by atoms with Gasteiger partial charge in [-0.25, -0.2) is 9.37 Å². The number of carbonyl (C=O) groups excluding carboxylic acids is 1. The third-order valence-corrected chi connectivity index (χ3v) is 7.94. The Labute approximate surface area is 221 Å². The molecule has 0 spiro atoms. The summed E-state index contributed by atoms with van der Waals surface area (Å²) in [5, 5.41) is 0. The second-order valence-electron chi connectivity index (χ2n) is 10.3. The maximum Gasteiger partial charge on any atom is 0.260 e. The Hall–Kier alpha value is -3.56.